The molecule has 4 fully saturated rings. The quantitative estimate of drug-likeness (QED) is 0.551. The smallest absolute Gasteiger partial charge is 0.380 e. The Morgan fingerprint density at radius 3 is 2.31 bits per heavy atom. The molecule has 0 saturated heterocycles. The average molecular weight is 370 g/mol. The van der Waals surface area contributed by atoms with E-state index >= 15 is 0 Å². The molecule has 8 atom stereocenters. The summed E-state index contributed by atoms with van der Waals surface area (Å²) in [5.74, 6) is 3.04. The molecule has 0 aromatic carbocycles. The van der Waals surface area contributed by atoms with Crippen LogP contribution in [0.15, 0.2) is 12.2 Å². The van der Waals surface area contributed by atoms with Gasteiger partial charge in [0, 0.05) is 0 Å². The summed E-state index contributed by atoms with van der Waals surface area (Å²) in [6, 6.07) is 0. The van der Waals surface area contributed by atoms with Gasteiger partial charge in [0.1, 0.15) is 0 Å². The van der Waals surface area contributed by atoms with Crippen LogP contribution in [0.25, 0.3) is 0 Å². The molecular weight excluding hydrogens is 337 g/mol. The van der Waals surface area contributed by atoms with Crippen molar-refractivity contribution in [3.05, 3.63) is 12.2 Å². The Hall–Kier alpha value is -0.510. The average Bonchev–Trinajstić information content (AvgIpc) is 2.90. The highest BCUT2D eigenvalue weighted by atomic mass is 19.4. The Morgan fingerprint density at radius 1 is 0.962 bits per heavy atom. The number of halogens is 3. The molecule has 4 rings (SSSR count). The summed E-state index contributed by atoms with van der Waals surface area (Å²) in [5.41, 5.74) is -0.779. The van der Waals surface area contributed by atoms with Gasteiger partial charge in [-0.05, 0) is 106 Å². The molecule has 148 valence electrons. The van der Waals surface area contributed by atoms with E-state index in [1.54, 1.807) is 0 Å². The minimum absolute atomic E-state index is 0.0549. The molecule has 0 heterocycles. The van der Waals surface area contributed by atoms with E-state index in [2.05, 4.69) is 20.4 Å². The Morgan fingerprint density at radius 2 is 1.65 bits per heavy atom. The van der Waals surface area contributed by atoms with Crippen LogP contribution in [-0.2, 0) is 0 Å². The standard InChI is InChI=1S/C22H33F3O/c1-13(2)18-6-7-19-17-5-4-14-12-21(26,22(23,24)25)11-9-15(14)16(17)8-10-20(18,19)3/h14-19,26H,1,4-12H2,2-3H3/t14-,15+,16-,17-,18-,19+,20-,21-/m1/s1. The molecule has 0 aliphatic heterocycles. The predicted octanol–water partition coefficient (Wildman–Crippen LogP) is 6.12. The minimum Gasteiger partial charge on any atom is -0.380 e. The van der Waals surface area contributed by atoms with Crippen molar-refractivity contribution in [3.63, 3.8) is 0 Å². The first-order valence-corrected chi connectivity index (χ1v) is 10.5. The Kier molecular flexibility index (Phi) is 4.34. The topological polar surface area (TPSA) is 20.2 Å². The summed E-state index contributed by atoms with van der Waals surface area (Å²) in [5, 5.41) is 10.2. The molecule has 0 radical (unpaired) electrons. The molecule has 1 nitrogen and oxygen atoms in total. The number of hydrogen-bond donors (Lipinski definition) is 1. The van der Waals surface area contributed by atoms with Gasteiger partial charge in [-0.25, -0.2) is 0 Å². The Labute approximate surface area is 155 Å². The zero-order valence-corrected chi connectivity index (χ0v) is 16.1. The van der Waals surface area contributed by atoms with E-state index < -0.39 is 11.8 Å². The second-order valence-electron chi connectivity index (χ2n) is 10.2. The maximum absolute atomic E-state index is 13.3. The molecule has 0 aromatic heterocycles. The van der Waals surface area contributed by atoms with Crippen molar-refractivity contribution in [2.24, 2.45) is 40.9 Å². The van der Waals surface area contributed by atoms with Crippen molar-refractivity contribution < 1.29 is 18.3 Å². The van der Waals surface area contributed by atoms with Gasteiger partial charge in [-0.1, -0.05) is 19.1 Å². The van der Waals surface area contributed by atoms with Crippen molar-refractivity contribution >= 4 is 0 Å². The van der Waals surface area contributed by atoms with E-state index in [0.29, 0.717) is 41.4 Å². The van der Waals surface area contributed by atoms with Gasteiger partial charge in [-0.15, -0.1) is 0 Å². The lowest BCUT2D eigenvalue weighted by molar-refractivity contribution is -0.282. The Bertz CT molecular complexity index is 584. The summed E-state index contributed by atoms with van der Waals surface area (Å²) in [6.07, 6.45) is 2.68. The predicted molar refractivity (Wildman–Crippen MR) is 96.4 cm³/mol. The van der Waals surface area contributed by atoms with Crippen molar-refractivity contribution in [2.45, 2.75) is 83.4 Å². The molecule has 0 spiro atoms. The number of aliphatic hydroxyl groups is 1. The number of fused-ring (bicyclic) bond motifs is 5. The highest BCUT2D eigenvalue weighted by Crippen LogP contribution is 2.66. The van der Waals surface area contributed by atoms with Gasteiger partial charge in [0.05, 0.1) is 0 Å². The van der Waals surface area contributed by atoms with Crippen molar-refractivity contribution in [1.82, 2.24) is 0 Å². The third-order valence-electron chi connectivity index (χ3n) is 9.13. The monoisotopic (exact) mass is 370 g/mol. The largest absolute Gasteiger partial charge is 0.417 e. The molecule has 1 N–H and O–H groups in total. The van der Waals surface area contributed by atoms with Crippen LogP contribution in [0.5, 0.6) is 0 Å². The number of allylic oxidation sites excluding steroid dienone is 1. The lowest BCUT2D eigenvalue weighted by atomic mass is 9.48. The van der Waals surface area contributed by atoms with Gasteiger partial charge in [-0.3, -0.25) is 0 Å². The lowest BCUT2D eigenvalue weighted by Gasteiger charge is -2.57. The second-order valence-corrected chi connectivity index (χ2v) is 10.2. The third kappa shape index (κ3) is 2.61. The van der Waals surface area contributed by atoms with E-state index in [4.69, 9.17) is 0 Å². The van der Waals surface area contributed by atoms with E-state index in [1.807, 2.05) is 0 Å². The van der Waals surface area contributed by atoms with Gasteiger partial charge in [0.2, 0.25) is 0 Å². The maximum atomic E-state index is 13.3. The van der Waals surface area contributed by atoms with Crippen molar-refractivity contribution in [2.75, 3.05) is 0 Å². The van der Waals surface area contributed by atoms with Crippen LogP contribution in [0.4, 0.5) is 13.2 Å². The third-order valence-corrected chi connectivity index (χ3v) is 9.13. The van der Waals surface area contributed by atoms with E-state index in [9.17, 15) is 18.3 Å². The fraction of sp³-hybridized carbons (Fsp3) is 0.909. The Balaban J connectivity index is 1.53. The molecular formula is C22H33F3O. The molecule has 0 bridgehead atoms. The van der Waals surface area contributed by atoms with Crippen LogP contribution in [0.2, 0.25) is 0 Å². The first-order valence-electron chi connectivity index (χ1n) is 10.5. The fourth-order valence-electron chi connectivity index (χ4n) is 7.95. The second kappa shape index (κ2) is 5.99. The van der Waals surface area contributed by atoms with E-state index in [1.165, 1.54) is 24.8 Å². The molecule has 4 saturated carbocycles. The molecule has 26 heavy (non-hydrogen) atoms. The first-order chi connectivity index (χ1) is 12.1. The number of rotatable bonds is 1. The minimum atomic E-state index is -4.49. The van der Waals surface area contributed by atoms with Gasteiger partial charge < -0.3 is 5.11 Å². The summed E-state index contributed by atoms with van der Waals surface area (Å²) < 4.78 is 39.9. The molecule has 0 amide bonds. The number of alkyl halides is 3. The fourth-order valence-corrected chi connectivity index (χ4v) is 7.95. The van der Waals surface area contributed by atoms with Crippen LogP contribution in [0.1, 0.15) is 71.6 Å². The first kappa shape index (κ1) is 18.8. The van der Waals surface area contributed by atoms with E-state index in [-0.39, 0.29) is 18.8 Å². The zero-order chi connectivity index (χ0) is 18.9. The lowest BCUT2D eigenvalue weighted by Crippen LogP contribution is -2.55. The maximum Gasteiger partial charge on any atom is 0.417 e. The summed E-state index contributed by atoms with van der Waals surface area (Å²) in [4.78, 5) is 0. The molecule has 4 aliphatic rings. The van der Waals surface area contributed by atoms with Gasteiger partial charge >= 0.3 is 6.18 Å². The van der Waals surface area contributed by atoms with Crippen LogP contribution in [0, 0.1) is 40.9 Å². The SMILES string of the molecule is C=C(C)[C@H]1CC[C@H]2[C@@H]3CC[C@@H]4C[C@@](O)(C(F)(F)F)CC[C@@H]4[C@H]3CC[C@]12C. The highest BCUT2D eigenvalue weighted by Gasteiger charge is 2.61. The summed E-state index contributed by atoms with van der Waals surface area (Å²) in [6.45, 7) is 8.87. The van der Waals surface area contributed by atoms with Crippen LogP contribution in [-0.4, -0.2) is 16.9 Å². The van der Waals surface area contributed by atoms with E-state index in [0.717, 1.165) is 19.3 Å². The van der Waals surface area contributed by atoms with Crippen molar-refractivity contribution in [1.29, 1.82) is 0 Å². The van der Waals surface area contributed by atoms with Gasteiger partial charge in [-0.2, -0.15) is 13.2 Å². The van der Waals surface area contributed by atoms with Crippen LogP contribution < -0.4 is 0 Å². The molecule has 0 unspecified atom stereocenters. The summed E-state index contributed by atoms with van der Waals surface area (Å²) >= 11 is 0. The molecule has 0 aromatic rings. The van der Waals surface area contributed by atoms with Crippen LogP contribution >= 0.6 is 0 Å². The normalized spacial score (nSPS) is 51.3. The highest BCUT2D eigenvalue weighted by molar-refractivity contribution is 5.14. The molecule has 4 aliphatic carbocycles. The van der Waals surface area contributed by atoms with Crippen molar-refractivity contribution in [3.8, 4) is 0 Å². The van der Waals surface area contributed by atoms with Crippen LogP contribution in [0.3, 0.4) is 0 Å². The van der Waals surface area contributed by atoms with Gasteiger partial charge in [0.15, 0.2) is 5.60 Å². The zero-order valence-electron chi connectivity index (χ0n) is 16.1. The number of hydrogen-bond acceptors (Lipinski definition) is 1. The molecule has 4 heteroatoms. The van der Waals surface area contributed by atoms with Gasteiger partial charge in [0.25, 0.3) is 0 Å². The summed E-state index contributed by atoms with van der Waals surface area (Å²) in [7, 11) is 0.